The summed E-state index contributed by atoms with van der Waals surface area (Å²) < 4.78 is 5.82. The Bertz CT molecular complexity index is 950. The van der Waals surface area contributed by atoms with Gasteiger partial charge >= 0.3 is 0 Å². The third-order valence-corrected chi connectivity index (χ3v) is 3.97. The lowest BCUT2D eigenvalue weighted by molar-refractivity contribution is 0.0956. The minimum absolute atomic E-state index is 0.351. The highest BCUT2D eigenvalue weighted by Crippen LogP contribution is 2.15. The van der Waals surface area contributed by atoms with Crippen LogP contribution in [0, 0.1) is 6.92 Å². The molecule has 1 amide bonds. The van der Waals surface area contributed by atoms with E-state index in [1.807, 2.05) is 36.4 Å². The molecule has 0 unspecified atom stereocenters. The van der Waals surface area contributed by atoms with Crippen LogP contribution in [-0.4, -0.2) is 12.1 Å². The standard InChI is InChI=1S/C22H21N3O2/c1-16-9-11-17(12-10-16)15-27-19-6-4-5-18(13-19)14-24-25-22(26)20-7-2-3-8-21(20)23/h2-14H,15,23H2,1H3,(H,25,26)/b24-14+. The van der Waals surface area contributed by atoms with Crippen molar-refractivity contribution in [1.29, 1.82) is 0 Å². The second kappa shape index (κ2) is 8.67. The number of carbonyl (C=O) groups excluding carboxylic acids is 1. The molecule has 0 saturated heterocycles. The van der Waals surface area contributed by atoms with Gasteiger partial charge < -0.3 is 10.5 Å². The SMILES string of the molecule is Cc1ccc(COc2cccc(/C=N/NC(=O)c3ccccc3N)c2)cc1. The average Bonchev–Trinajstić information content (AvgIpc) is 2.68. The Morgan fingerprint density at radius 2 is 1.85 bits per heavy atom. The van der Waals surface area contributed by atoms with Crippen molar-refractivity contribution in [3.63, 3.8) is 0 Å². The van der Waals surface area contributed by atoms with E-state index in [1.165, 1.54) is 5.56 Å². The van der Waals surface area contributed by atoms with Crippen LogP contribution < -0.4 is 15.9 Å². The van der Waals surface area contributed by atoms with E-state index in [9.17, 15) is 4.79 Å². The number of anilines is 1. The van der Waals surface area contributed by atoms with E-state index in [4.69, 9.17) is 10.5 Å². The molecule has 0 atom stereocenters. The number of benzene rings is 3. The van der Waals surface area contributed by atoms with Crippen molar-refractivity contribution in [3.05, 3.63) is 95.1 Å². The number of amides is 1. The first-order valence-corrected chi connectivity index (χ1v) is 8.58. The molecule has 5 heteroatoms. The number of carbonyl (C=O) groups is 1. The molecule has 0 saturated carbocycles. The number of nitrogens with two attached hydrogens (primary N) is 1. The van der Waals surface area contributed by atoms with E-state index in [-0.39, 0.29) is 5.91 Å². The van der Waals surface area contributed by atoms with Crippen LogP contribution in [0.15, 0.2) is 77.9 Å². The molecule has 136 valence electrons. The zero-order valence-corrected chi connectivity index (χ0v) is 15.1. The van der Waals surface area contributed by atoms with Crippen LogP contribution in [0.4, 0.5) is 5.69 Å². The van der Waals surface area contributed by atoms with Crippen LogP contribution in [0.25, 0.3) is 0 Å². The predicted octanol–water partition coefficient (Wildman–Crippen LogP) is 3.92. The molecule has 3 aromatic carbocycles. The molecular weight excluding hydrogens is 338 g/mol. The van der Waals surface area contributed by atoms with Crippen LogP contribution in [-0.2, 0) is 6.61 Å². The first-order chi connectivity index (χ1) is 13.1. The zero-order valence-electron chi connectivity index (χ0n) is 15.1. The van der Waals surface area contributed by atoms with Crippen molar-refractivity contribution in [3.8, 4) is 5.75 Å². The third kappa shape index (κ3) is 5.19. The molecule has 0 aliphatic carbocycles. The van der Waals surface area contributed by atoms with Crippen LogP contribution in [0.3, 0.4) is 0 Å². The first kappa shape index (κ1) is 18.2. The minimum Gasteiger partial charge on any atom is -0.489 e. The minimum atomic E-state index is -0.351. The highest BCUT2D eigenvalue weighted by molar-refractivity contribution is 5.99. The quantitative estimate of drug-likeness (QED) is 0.398. The summed E-state index contributed by atoms with van der Waals surface area (Å²) in [5.41, 5.74) is 12.2. The van der Waals surface area contributed by atoms with Crippen molar-refractivity contribution in [1.82, 2.24) is 5.43 Å². The molecule has 27 heavy (non-hydrogen) atoms. The topological polar surface area (TPSA) is 76.7 Å². The van der Waals surface area contributed by atoms with Crippen molar-refractivity contribution in [2.75, 3.05) is 5.73 Å². The number of para-hydroxylation sites is 1. The average molecular weight is 359 g/mol. The summed E-state index contributed by atoms with van der Waals surface area (Å²) >= 11 is 0. The molecule has 0 aliphatic rings. The molecular formula is C22H21N3O2. The van der Waals surface area contributed by atoms with Gasteiger partial charge in [-0.15, -0.1) is 0 Å². The maximum Gasteiger partial charge on any atom is 0.273 e. The monoisotopic (exact) mass is 359 g/mol. The van der Waals surface area contributed by atoms with Gasteiger partial charge in [0.1, 0.15) is 12.4 Å². The summed E-state index contributed by atoms with van der Waals surface area (Å²) in [6.45, 7) is 2.54. The van der Waals surface area contributed by atoms with Crippen LogP contribution in [0.5, 0.6) is 5.75 Å². The van der Waals surface area contributed by atoms with Gasteiger partial charge in [0.2, 0.25) is 0 Å². The van der Waals surface area contributed by atoms with E-state index >= 15 is 0 Å². The lowest BCUT2D eigenvalue weighted by atomic mass is 10.2. The number of nitrogen functional groups attached to an aromatic ring is 1. The van der Waals surface area contributed by atoms with Crippen LogP contribution >= 0.6 is 0 Å². The smallest absolute Gasteiger partial charge is 0.273 e. The fraction of sp³-hybridized carbons (Fsp3) is 0.0909. The Kier molecular flexibility index (Phi) is 5.84. The van der Waals surface area contributed by atoms with Crippen molar-refractivity contribution in [2.24, 2.45) is 5.10 Å². The van der Waals surface area contributed by atoms with E-state index in [0.29, 0.717) is 17.9 Å². The van der Waals surface area contributed by atoms with Gasteiger partial charge in [-0.05, 0) is 42.3 Å². The van der Waals surface area contributed by atoms with Gasteiger partial charge in [-0.3, -0.25) is 4.79 Å². The second-order valence-electron chi connectivity index (χ2n) is 6.13. The molecule has 3 N–H and O–H groups in total. The molecule has 5 nitrogen and oxygen atoms in total. The van der Waals surface area contributed by atoms with Gasteiger partial charge in [0, 0.05) is 5.69 Å². The Morgan fingerprint density at radius 3 is 2.63 bits per heavy atom. The summed E-state index contributed by atoms with van der Waals surface area (Å²) in [6, 6.07) is 22.6. The Labute approximate surface area is 158 Å². The van der Waals surface area contributed by atoms with E-state index in [1.54, 1.807) is 30.5 Å². The van der Waals surface area contributed by atoms with Gasteiger partial charge in [0.05, 0.1) is 11.8 Å². The lowest BCUT2D eigenvalue weighted by Gasteiger charge is -2.07. The number of hydrogen-bond acceptors (Lipinski definition) is 4. The highest BCUT2D eigenvalue weighted by Gasteiger charge is 2.07. The largest absolute Gasteiger partial charge is 0.489 e. The Balaban J connectivity index is 1.58. The molecule has 0 bridgehead atoms. The number of hydrazone groups is 1. The number of ether oxygens (including phenoxy) is 1. The van der Waals surface area contributed by atoms with Crippen molar-refractivity contribution in [2.45, 2.75) is 13.5 Å². The summed E-state index contributed by atoms with van der Waals surface area (Å²) in [5.74, 6) is 0.384. The van der Waals surface area contributed by atoms with E-state index in [0.717, 1.165) is 16.9 Å². The molecule has 3 aromatic rings. The van der Waals surface area contributed by atoms with Gasteiger partial charge in [-0.25, -0.2) is 5.43 Å². The third-order valence-electron chi connectivity index (χ3n) is 3.97. The molecule has 0 aromatic heterocycles. The molecule has 0 spiro atoms. The Hall–Kier alpha value is -3.60. The molecule has 0 radical (unpaired) electrons. The number of hydrogen-bond donors (Lipinski definition) is 2. The maximum atomic E-state index is 12.1. The maximum absolute atomic E-state index is 12.1. The Morgan fingerprint density at radius 1 is 1.07 bits per heavy atom. The number of rotatable bonds is 6. The number of nitrogens with zero attached hydrogens (tertiary/aromatic N) is 1. The normalized spacial score (nSPS) is 10.7. The summed E-state index contributed by atoms with van der Waals surface area (Å²) in [4.78, 5) is 12.1. The van der Waals surface area contributed by atoms with E-state index < -0.39 is 0 Å². The van der Waals surface area contributed by atoms with Crippen molar-refractivity contribution >= 4 is 17.8 Å². The van der Waals surface area contributed by atoms with Gasteiger partial charge in [-0.1, -0.05) is 54.1 Å². The predicted molar refractivity (Wildman–Crippen MR) is 108 cm³/mol. The molecule has 0 heterocycles. The van der Waals surface area contributed by atoms with Crippen LogP contribution in [0.1, 0.15) is 27.0 Å². The van der Waals surface area contributed by atoms with Crippen molar-refractivity contribution < 1.29 is 9.53 Å². The summed E-state index contributed by atoms with van der Waals surface area (Å²) in [6.07, 6.45) is 1.57. The molecule has 0 aliphatic heterocycles. The summed E-state index contributed by atoms with van der Waals surface area (Å²) in [7, 11) is 0. The fourth-order valence-corrected chi connectivity index (χ4v) is 2.47. The lowest BCUT2D eigenvalue weighted by Crippen LogP contribution is -2.18. The number of aryl methyl sites for hydroxylation is 1. The number of nitrogens with one attached hydrogen (secondary N) is 1. The van der Waals surface area contributed by atoms with Gasteiger partial charge in [0.15, 0.2) is 0 Å². The highest BCUT2D eigenvalue weighted by atomic mass is 16.5. The van der Waals surface area contributed by atoms with Gasteiger partial charge in [0.25, 0.3) is 5.91 Å². The second-order valence-corrected chi connectivity index (χ2v) is 6.13. The first-order valence-electron chi connectivity index (χ1n) is 8.58. The molecule has 0 fully saturated rings. The fourth-order valence-electron chi connectivity index (χ4n) is 2.47. The van der Waals surface area contributed by atoms with Gasteiger partial charge in [-0.2, -0.15) is 5.10 Å². The van der Waals surface area contributed by atoms with E-state index in [2.05, 4.69) is 29.6 Å². The van der Waals surface area contributed by atoms with Crippen LogP contribution in [0.2, 0.25) is 0 Å². The molecule has 3 rings (SSSR count). The summed E-state index contributed by atoms with van der Waals surface area (Å²) in [5, 5.41) is 3.99. The zero-order chi connectivity index (χ0) is 19.1.